The Hall–Kier alpha value is -2.86. The Morgan fingerprint density at radius 3 is 1.61 bits per heavy atom. The van der Waals surface area contributed by atoms with E-state index in [4.69, 9.17) is 0 Å². The third-order valence-corrected chi connectivity index (χ3v) is 5.67. The summed E-state index contributed by atoms with van der Waals surface area (Å²) in [4.78, 5) is 69.4. The molecule has 10 nitrogen and oxygen atoms in total. The Labute approximate surface area is 166 Å². The summed E-state index contributed by atoms with van der Waals surface area (Å²) in [5, 5.41) is 6.90. The van der Waals surface area contributed by atoms with E-state index in [1.807, 2.05) is 0 Å². The minimum atomic E-state index is -0.770. The minimum Gasteiger partial charge on any atom is -0.326 e. The molecule has 2 aliphatic rings. The minimum absolute atomic E-state index is 0.166. The third kappa shape index (κ3) is 5.10. The van der Waals surface area contributed by atoms with Crippen molar-refractivity contribution >= 4 is 69.0 Å². The molecule has 6 amide bonds. The second kappa shape index (κ2) is 8.44. The van der Waals surface area contributed by atoms with E-state index in [2.05, 4.69) is 21.3 Å². The van der Waals surface area contributed by atoms with Crippen LogP contribution in [0.4, 0.5) is 21.0 Å². The van der Waals surface area contributed by atoms with Crippen molar-refractivity contribution in [1.29, 1.82) is 0 Å². The van der Waals surface area contributed by atoms with E-state index in [9.17, 15) is 28.8 Å². The molecule has 4 N–H and O–H groups in total. The average Bonchev–Trinajstić information content (AvgIpc) is 3.07. The molecule has 0 saturated carbocycles. The van der Waals surface area contributed by atoms with Crippen LogP contribution in [0.1, 0.15) is 12.8 Å². The Balaban J connectivity index is 1.53. The zero-order chi connectivity index (χ0) is 20.3. The lowest BCUT2D eigenvalue weighted by atomic mass is 10.2. The van der Waals surface area contributed by atoms with Crippen molar-refractivity contribution < 1.29 is 28.8 Å². The molecule has 146 valence electrons. The van der Waals surface area contributed by atoms with Crippen LogP contribution in [0.25, 0.3) is 0 Å². The van der Waals surface area contributed by atoms with Gasteiger partial charge in [-0.2, -0.15) is 0 Å². The molecule has 2 saturated heterocycles. The number of anilines is 2. The topological polar surface area (TPSA) is 151 Å². The molecule has 1 aromatic carbocycles. The molecule has 28 heavy (non-hydrogen) atoms. The summed E-state index contributed by atoms with van der Waals surface area (Å²) in [6, 6.07) is 6.31. The summed E-state index contributed by atoms with van der Waals surface area (Å²) in [7, 11) is 0. The first-order valence-electron chi connectivity index (χ1n) is 8.03. The Morgan fingerprint density at radius 1 is 0.821 bits per heavy atom. The predicted octanol–water partition coefficient (Wildman–Crippen LogP) is 1.05. The molecule has 2 heterocycles. The number of hydrogen-bond acceptors (Lipinski definition) is 8. The van der Waals surface area contributed by atoms with Gasteiger partial charge in [-0.05, 0) is 18.2 Å². The van der Waals surface area contributed by atoms with Crippen molar-refractivity contribution in [2.75, 3.05) is 10.6 Å². The number of amides is 6. The number of benzene rings is 1. The zero-order valence-electron chi connectivity index (χ0n) is 14.1. The summed E-state index contributed by atoms with van der Waals surface area (Å²) < 4.78 is 0. The van der Waals surface area contributed by atoms with Crippen molar-refractivity contribution in [3.8, 4) is 0 Å². The Kier molecular flexibility index (Phi) is 5.99. The molecule has 1 aromatic rings. The van der Waals surface area contributed by atoms with Crippen LogP contribution in [-0.4, -0.2) is 44.6 Å². The van der Waals surface area contributed by atoms with Crippen molar-refractivity contribution in [2.45, 2.75) is 23.3 Å². The van der Waals surface area contributed by atoms with Crippen molar-refractivity contribution in [2.24, 2.45) is 0 Å². The van der Waals surface area contributed by atoms with Gasteiger partial charge in [0.25, 0.3) is 10.5 Å². The molecule has 0 bridgehead atoms. The molecule has 0 aliphatic carbocycles. The molecular formula is C16H14N4O6S2. The fourth-order valence-electron chi connectivity index (χ4n) is 2.49. The van der Waals surface area contributed by atoms with Crippen LogP contribution in [0.2, 0.25) is 0 Å². The van der Waals surface area contributed by atoms with Gasteiger partial charge < -0.3 is 10.6 Å². The van der Waals surface area contributed by atoms with E-state index in [-0.39, 0.29) is 12.8 Å². The number of imide groups is 2. The highest BCUT2D eigenvalue weighted by molar-refractivity contribution is 8.15. The summed E-state index contributed by atoms with van der Waals surface area (Å²) in [6.45, 7) is 0. The average molecular weight is 422 g/mol. The van der Waals surface area contributed by atoms with Gasteiger partial charge in [0.2, 0.25) is 23.6 Å². The molecule has 0 spiro atoms. The second-order valence-corrected chi connectivity index (χ2v) is 8.20. The van der Waals surface area contributed by atoms with Crippen LogP contribution in [0.5, 0.6) is 0 Å². The summed E-state index contributed by atoms with van der Waals surface area (Å²) >= 11 is 1.53. The number of carbonyl (C=O) groups is 6. The Morgan fingerprint density at radius 2 is 1.25 bits per heavy atom. The van der Waals surface area contributed by atoms with E-state index in [0.29, 0.717) is 11.4 Å². The molecule has 2 fully saturated rings. The zero-order valence-corrected chi connectivity index (χ0v) is 15.8. The summed E-state index contributed by atoms with van der Waals surface area (Å²) in [5.74, 6) is -1.91. The van der Waals surface area contributed by atoms with E-state index in [0.717, 1.165) is 23.5 Å². The number of rotatable bonds is 6. The quantitative estimate of drug-likeness (QED) is 0.531. The number of thioether (sulfide) groups is 2. The maximum atomic E-state index is 12.1. The first-order valence-corrected chi connectivity index (χ1v) is 9.79. The van der Waals surface area contributed by atoms with Gasteiger partial charge in [-0.25, -0.2) is 0 Å². The number of nitrogens with one attached hydrogen (secondary N) is 4. The Bertz CT molecular complexity index is 822. The maximum absolute atomic E-state index is 12.1. The third-order valence-electron chi connectivity index (χ3n) is 3.71. The van der Waals surface area contributed by atoms with Crippen LogP contribution in [-0.2, 0) is 19.2 Å². The van der Waals surface area contributed by atoms with Gasteiger partial charge in [0.1, 0.15) is 10.5 Å². The first kappa shape index (κ1) is 19.9. The number of carbonyl (C=O) groups excluding carboxylic acids is 6. The predicted molar refractivity (Wildman–Crippen MR) is 103 cm³/mol. The summed E-state index contributed by atoms with van der Waals surface area (Å²) in [5.41, 5.74) is 0.779. The maximum Gasteiger partial charge on any atom is 0.286 e. The van der Waals surface area contributed by atoms with E-state index in [1.54, 1.807) is 18.2 Å². The second-order valence-electron chi connectivity index (χ2n) is 5.85. The van der Waals surface area contributed by atoms with Gasteiger partial charge in [-0.3, -0.25) is 39.4 Å². The van der Waals surface area contributed by atoms with Crippen LogP contribution in [0.3, 0.4) is 0 Å². The molecular weight excluding hydrogens is 408 g/mol. The van der Waals surface area contributed by atoms with Crippen molar-refractivity contribution in [3.05, 3.63) is 24.3 Å². The van der Waals surface area contributed by atoms with Gasteiger partial charge in [0.05, 0.1) is 0 Å². The van der Waals surface area contributed by atoms with Crippen molar-refractivity contribution in [1.82, 2.24) is 10.6 Å². The molecule has 3 rings (SSSR count). The van der Waals surface area contributed by atoms with Gasteiger partial charge >= 0.3 is 0 Å². The monoisotopic (exact) mass is 422 g/mol. The highest BCUT2D eigenvalue weighted by Crippen LogP contribution is 2.24. The highest BCUT2D eigenvalue weighted by Gasteiger charge is 2.34. The molecule has 0 aromatic heterocycles. The standard InChI is InChI=1S/C16H14N4O6S2/c21-11(5-9-13(23)19-15(25)27-9)17-7-2-1-3-8(4-7)18-12(22)6-10-14(24)20-16(26)28-10/h1-4,9-10H,5-6H2,(H,17,21)(H,18,22)(H,19,23,25)(H,20,24,26)/t9-,10+. The van der Waals surface area contributed by atoms with E-state index >= 15 is 0 Å². The summed E-state index contributed by atoms with van der Waals surface area (Å²) in [6.07, 6.45) is -0.332. The number of hydrogen-bond donors (Lipinski definition) is 4. The lowest BCUT2D eigenvalue weighted by Gasteiger charge is -2.10. The highest BCUT2D eigenvalue weighted by atomic mass is 32.2. The molecule has 12 heteroatoms. The largest absolute Gasteiger partial charge is 0.326 e. The van der Waals surface area contributed by atoms with Gasteiger partial charge in [-0.1, -0.05) is 29.6 Å². The van der Waals surface area contributed by atoms with E-state index < -0.39 is 44.6 Å². The van der Waals surface area contributed by atoms with Gasteiger partial charge in [0, 0.05) is 24.2 Å². The lowest BCUT2D eigenvalue weighted by molar-refractivity contribution is -0.122. The molecule has 0 radical (unpaired) electrons. The fraction of sp³-hybridized carbons (Fsp3) is 0.250. The molecule has 0 unspecified atom stereocenters. The van der Waals surface area contributed by atoms with E-state index in [1.165, 1.54) is 6.07 Å². The smallest absolute Gasteiger partial charge is 0.286 e. The first-order chi connectivity index (χ1) is 13.3. The molecule has 2 atom stereocenters. The van der Waals surface area contributed by atoms with Crippen LogP contribution in [0.15, 0.2) is 24.3 Å². The van der Waals surface area contributed by atoms with Gasteiger partial charge in [-0.15, -0.1) is 0 Å². The SMILES string of the molecule is O=C(C[C@@H]1SC(=O)NC1=O)Nc1cccc(NC(=O)C[C@H]2SC(=O)NC2=O)c1. The molecule has 2 aliphatic heterocycles. The van der Waals surface area contributed by atoms with Crippen LogP contribution < -0.4 is 21.3 Å². The van der Waals surface area contributed by atoms with Crippen molar-refractivity contribution in [3.63, 3.8) is 0 Å². The van der Waals surface area contributed by atoms with Gasteiger partial charge in [0.15, 0.2) is 0 Å². The lowest BCUT2D eigenvalue weighted by Crippen LogP contribution is -2.28. The van der Waals surface area contributed by atoms with Crippen LogP contribution in [0, 0.1) is 0 Å². The van der Waals surface area contributed by atoms with Crippen LogP contribution >= 0.6 is 23.5 Å². The normalized spacial score (nSPS) is 21.3. The fourth-order valence-corrected chi connectivity index (χ4v) is 4.13.